The van der Waals surface area contributed by atoms with Crippen molar-refractivity contribution in [3.05, 3.63) is 24.4 Å². The van der Waals surface area contributed by atoms with Gasteiger partial charge in [0.15, 0.2) is 5.78 Å². The molecule has 0 bridgehead atoms. The van der Waals surface area contributed by atoms with E-state index in [1.807, 2.05) is 6.92 Å². The Labute approximate surface area is 67.3 Å². The van der Waals surface area contributed by atoms with Crippen molar-refractivity contribution in [3.8, 4) is 0 Å². The third-order valence-electron chi connectivity index (χ3n) is 1.20. The Hall–Kier alpha value is -1.18. The Morgan fingerprint density at radius 2 is 2.27 bits per heavy atom. The van der Waals surface area contributed by atoms with E-state index in [1.54, 1.807) is 19.1 Å². The fraction of sp³-hybridized carbons (Fsp3) is 0.333. The minimum atomic E-state index is 0.0607. The van der Waals surface area contributed by atoms with Crippen molar-refractivity contribution in [2.45, 2.75) is 20.3 Å². The first-order chi connectivity index (χ1) is 5.26. The van der Waals surface area contributed by atoms with E-state index in [0.717, 1.165) is 0 Å². The van der Waals surface area contributed by atoms with E-state index in [1.165, 1.54) is 6.21 Å². The van der Waals surface area contributed by atoms with Gasteiger partial charge in [-0.3, -0.25) is 9.79 Å². The number of hydrogen-bond acceptors (Lipinski definition) is 2. The zero-order valence-corrected chi connectivity index (χ0v) is 7.00. The summed E-state index contributed by atoms with van der Waals surface area (Å²) in [5, 5.41) is 0. The van der Waals surface area contributed by atoms with Crippen LogP contribution in [0.3, 0.4) is 0 Å². The van der Waals surface area contributed by atoms with E-state index < -0.39 is 0 Å². The molecule has 0 aliphatic heterocycles. The third kappa shape index (κ3) is 3.50. The van der Waals surface area contributed by atoms with E-state index in [0.29, 0.717) is 12.1 Å². The Balaban J connectivity index is 4.31. The molecule has 60 valence electrons. The summed E-state index contributed by atoms with van der Waals surface area (Å²) in [4.78, 5) is 14.9. The lowest BCUT2D eigenvalue weighted by Gasteiger charge is -1.94. The quantitative estimate of drug-likeness (QED) is 0.447. The second kappa shape index (κ2) is 5.59. The van der Waals surface area contributed by atoms with Crippen LogP contribution in [0.25, 0.3) is 0 Å². The van der Waals surface area contributed by atoms with Crippen LogP contribution in [0.4, 0.5) is 0 Å². The van der Waals surface area contributed by atoms with Crippen molar-refractivity contribution < 1.29 is 4.79 Å². The number of carbonyl (C=O) groups is 1. The number of carbonyl (C=O) groups excluding carboxylic acids is 1. The lowest BCUT2D eigenvalue weighted by Crippen LogP contribution is -1.97. The molecule has 0 fully saturated rings. The molecule has 0 spiro atoms. The van der Waals surface area contributed by atoms with E-state index >= 15 is 0 Å². The maximum absolute atomic E-state index is 11.0. The van der Waals surface area contributed by atoms with Crippen LogP contribution in [0.15, 0.2) is 29.4 Å². The molecule has 2 heteroatoms. The summed E-state index contributed by atoms with van der Waals surface area (Å²) in [6.07, 6.45) is 5.26. The summed E-state index contributed by atoms with van der Waals surface area (Å²) in [5.74, 6) is 0.0607. The standard InChI is InChI=1S/C9H13NO/c1-4-7-10-8(5-2)9(11)6-3/h4-5,7H,1,6H2,2-3H3/b8-5-,10-7-. The monoisotopic (exact) mass is 151 g/mol. The van der Waals surface area contributed by atoms with Crippen molar-refractivity contribution in [3.63, 3.8) is 0 Å². The molecule has 0 aromatic carbocycles. The Bertz CT molecular complexity index is 202. The van der Waals surface area contributed by atoms with Crippen LogP contribution < -0.4 is 0 Å². The molecule has 0 amide bonds. The highest BCUT2D eigenvalue weighted by Gasteiger charge is 2.01. The second-order valence-corrected chi connectivity index (χ2v) is 1.96. The van der Waals surface area contributed by atoms with Crippen molar-refractivity contribution in [2.75, 3.05) is 0 Å². The van der Waals surface area contributed by atoms with Crippen molar-refractivity contribution >= 4 is 12.0 Å². The average Bonchev–Trinajstić information content (AvgIpc) is 2.05. The molecule has 0 saturated carbocycles. The highest BCUT2D eigenvalue weighted by atomic mass is 16.1. The van der Waals surface area contributed by atoms with Gasteiger partial charge in [0.2, 0.25) is 0 Å². The predicted octanol–water partition coefficient (Wildman–Crippen LogP) is 2.13. The molecule has 2 nitrogen and oxygen atoms in total. The molecule has 0 N–H and O–H groups in total. The lowest BCUT2D eigenvalue weighted by atomic mass is 10.2. The number of allylic oxidation sites excluding steroid dienone is 3. The molecule has 0 atom stereocenters. The summed E-state index contributed by atoms with van der Waals surface area (Å²) in [6, 6.07) is 0. The van der Waals surface area contributed by atoms with Crippen LogP contribution in [0, 0.1) is 0 Å². The maximum Gasteiger partial charge on any atom is 0.180 e. The van der Waals surface area contributed by atoms with E-state index in [-0.39, 0.29) is 5.78 Å². The van der Waals surface area contributed by atoms with Gasteiger partial charge in [-0.25, -0.2) is 0 Å². The van der Waals surface area contributed by atoms with E-state index in [2.05, 4.69) is 11.6 Å². The number of hydrogen-bond donors (Lipinski definition) is 0. The van der Waals surface area contributed by atoms with Crippen molar-refractivity contribution in [1.82, 2.24) is 0 Å². The molecule has 0 aromatic rings. The fourth-order valence-electron chi connectivity index (χ4n) is 0.622. The SMILES string of the molecule is C=C/C=N\C(=C/C)C(=O)CC. The molecule has 0 saturated heterocycles. The summed E-state index contributed by atoms with van der Waals surface area (Å²) >= 11 is 0. The molecule has 11 heavy (non-hydrogen) atoms. The first-order valence-corrected chi connectivity index (χ1v) is 3.60. The van der Waals surface area contributed by atoms with Gasteiger partial charge in [-0.1, -0.05) is 25.7 Å². The Morgan fingerprint density at radius 3 is 2.64 bits per heavy atom. The second-order valence-electron chi connectivity index (χ2n) is 1.96. The largest absolute Gasteiger partial charge is 0.292 e. The zero-order chi connectivity index (χ0) is 8.69. The Kier molecular flexibility index (Phi) is 4.99. The topological polar surface area (TPSA) is 29.4 Å². The first-order valence-electron chi connectivity index (χ1n) is 3.60. The number of Topliss-reactive ketones (excluding diaryl/α,β-unsaturated/α-hetero) is 1. The van der Waals surface area contributed by atoms with E-state index in [9.17, 15) is 4.79 Å². The molecule has 0 aromatic heterocycles. The molecule has 0 unspecified atom stereocenters. The van der Waals surface area contributed by atoms with Gasteiger partial charge in [0.25, 0.3) is 0 Å². The number of ketones is 1. The number of aliphatic imine (C=N–C) groups is 1. The van der Waals surface area contributed by atoms with Crippen LogP contribution in [0.5, 0.6) is 0 Å². The van der Waals surface area contributed by atoms with Crippen LogP contribution in [-0.4, -0.2) is 12.0 Å². The summed E-state index contributed by atoms with van der Waals surface area (Å²) in [6.45, 7) is 7.07. The lowest BCUT2D eigenvalue weighted by molar-refractivity contribution is -0.115. The van der Waals surface area contributed by atoms with Gasteiger partial charge in [-0.05, 0) is 6.92 Å². The number of rotatable bonds is 4. The third-order valence-corrected chi connectivity index (χ3v) is 1.20. The van der Waals surface area contributed by atoms with Crippen LogP contribution in [0.2, 0.25) is 0 Å². The molecule has 0 heterocycles. The first kappa shape index (κ1) is 9.82. The molecule has 0 aliphatic carbocycles. The maximum atomic E-state index is 11.0. The highest BCUT2D eigenvalue weighted by Crippen LogP contribution is 2.00. The van der Waals surface area contributed by atoms with Gasteiger partial charge in [0, 0.05) is 12.6 Å². The molecule has 0 aliphatic rings. The minimum Gasteiger partial charge on any atom is -0.292 e. The fourth-order valence-corrected chi connectivity index (χ4v) is 0.622. The normalized spacial score (nSPS) is 12.0. The zero-order valence-electron chi connectivity index (χ0n) is 7.00. The molecular weight excluding hydrogens is 138 g/mol. The van der Waals surface area contributed by atoms with Gasteiger partial charge in [-0.2, -0.15) is 0 Å². The summed E-state index contributed by atoms with van der Waals surface area (Å²) in [5.41, 5.74) is 0.507. The van der Waals surface area contributed by atoms with Crippen molar-refractivity contribution in [1.29, 1.82) is 0 Å². The summed E-state index contributed by atoms with van der Waals surface area (Å²) in [7, 11) is 0. The van der Waals surface area contributed by atoms with Crippen LogP contribution in [-0.2, 0) is 4.79 Å². The van der Waals surface area contributed by atoms with Gasteiger partial charge in [0.1, 0.15) is 5.70 Å². The van der Waals surface area contributed by atoms with Gasteiger partial charge in [0.05, 0.1) is 0 Å². The molecular formula is C9H13NO. The van der Waals surface area contributed by atoms with Gasteiger partial charge >= 0.3 is 0 Å². The molecule has 0 radical (unpaired) electrons. The van der Waals surface area contributed by atoms with Crippen molar-refractivity contribution in [2.24, 2.45) is 4.99 Å². The van der Waals surface area contributed by atoms with Crippen LogP contribution in [0.1, 0.15) is 20.3 Å². The summed E-state index contributed by atoms with van der Waals surface area (Å²) < 4.78 is 0. The average molecular weight is 151 g/mol. The smallest absolute Gasteiger partial charge is 0.180 e. The van der Waals surface area contributed by atoms with Gasteiger partial charge in [-0.15, -0.1) is 0 Å². The van der Waals surface area contributed by atoms with Crippen LogP contribution >= 0.6 is 0 Å². The minimum absolute atomic E-state index is 0.0607. The van der Waals surface area contributed by atoms with E-state index in [4.69, 9.17) is 0 Å². The number of nitrogens with zero attached hydrogens (tertiary/aromatic N) is 1. The Morgan fingerprint density at radius 1 is 1.64 bits per heavy atom. The predicted molar refractivity (Wildman–Crippen MR) is 47.7 cm³/mol. The van der Waals surface area contributed by atoms with Gasteiger partial charge < -0.3 is 0 Å². The molecule has 0 rings (SSSR count). The highest BCUT2D eigenvalue weighted by molar-refractivity contribution is 5.96.